The van der Waals surface area contributed by atoms with Gasteiger partial charge in [-0.2, -0.15) is 0 Å². The Morgan fingerprint density at radius 3 is 2.52 bits per heavy atom. The van der Waals surface area contributed by atoms with E-state index in [0.717, 1.165) is 24.0 Å². The number of carbonyl (C=O) groups is 2. The number of ether oxygens (including phenoxy) is 1. The first-order chi connectivity index (χ1) is 9.86. The van der Waals surface area contributed by atoms with Crippen LogP contribution < -0.4 is 5.32 Å². The molecule has 0 aromatic heterocycles. The van der Waals surface area contributed by atoms with Crippen LogP contribution in [0.5, 0.6) is 0 Å². The third-order valence-corrected chi connectivity index (χ3v) is 4.25. The van der Waals surface area contributed by atoms with E-state index < -0.39 is 5.54 Å². The van der Waals surface area contributed by atoms with Gasteiger partial charge in [0.15, 0.2) is 0 Å². The predicted molar refractivity (Wildman–Crippen MR) is 80.9 cm³/mol. The highest BCUT2D eigenvalue weighted by atomic mass is 16.5. The maximum Gasteiger partial charge on any atom is 0.331 e. The molecule has 1 aromatic carbocycles. The summed E-state index contributed by atoms with van der Waals surface area (Å²) in [6, 6.07) is 6.02. The van der Waals surface area contributed by atoms with E-state index in [9.17, 15) is 9.59 Å². The quantitative estimate of drug-likeness (QED) is 0.846. The van der Waals surface area contributed by atoms with Crippen molar-refractivity contribution >= 4 is 11.9 Å². The fraction of sp³-hybridized carbons (Fsp3) is 0.529. The van der Waals surface area contributed by atoms with Gasteiger partial charge in [-0.25, -0.2) is 4.79 Å². The second kappa shape index (κ2) is 5.88. The molecule has 4 heteroatoms. The van der Waals surface area contributed by atoms with Gasteiger partial charge in [0, 0.05) is 0 Å². The minimum atomic E-state index is -0.898. The highest BCUT2D eigenvalue weighted by molar-refractivity contribution is 5.89. The Balaban J connectivity index is 2.08. The standard InChI is InChI=1S/C17H23NO3/c1-11-5-6-13(12(2)9-11)10-15(19)18-17(3,14-7-8-14)16(20)21-4/h5-6,9,14H,7-8,10H2,1-4H3,(H,18,19). The van der Waals surface area contributed by atoms with Crippen molar-refractivity contribution in [3.05, 3.63) is 34.9 Å². The first-order valence-corrected chi connectivity index (χ1v) is 7.32. The first kappa shape index (κ1) is 15.5. The number of amides is 1. The van der Waals surface area contributed by atoms with E-state index in [1.807, 2.05) is 26.0 Å². The van der Waals surface area contributed by atoms with Crippen LogP contribution in [0.1, 0.15) is 36.5 Å². The monoisotopic (exact) mass is 289 g/mol. The summed E-state index contributed by atoms with van der Waals surface area (Å²) in [4.78, 5) is 24.3. The maximum atomic E-state index is 12.3. The molecule has 2 rings (SSSR count). The number of benzene rings is 1. The number of methoxy groups -OCH3 is 1. The molecule has 1 unspecified atom stereocenters. The zero-order chi connectivity index (χ0) is 15.6. The SMILES string of the molecule is COC(=O)C(C)(NC(=O)Cc1ccc(C)cc1C)C1CC1. The minimum Gasteiger partial charge on any atom is -0.467 e. The lowest BCUT2D eigenvalue weighted by molar-refractivity contribution is -0.151. The van der Waals surface area contributed by atoms with Gasteiger partial charge in [-0.15, -0.1) is 0 Å². The molecule has 0 radical (unpaired) electrons. The van der Waals surface area contributed by atoms with E-state index in [-0.39, 0.29) is 24.2 Å². The number of aryl methyl sites for hydroxylation is 2. The molecular formula is C17H23NO3. The molecular weight excluding hydrogens is 266 g/mol. The lowest BCUT2D eigenvalue weighted by Crippen LogP contribution is -2.55. The molecule has 0 spiro atoms. The summed E-state index contributed by atoms with van der Waals surface area (Å²) < 4.78 is 4.85. The molecule has 1 aromatic rings. The Hall–Kier alpha value is -1.84. The van der Waals surface area contributed by atoms with E-state index in [1.54, 1.807) is 6.92 Å². The predicted octanol–water partition coefficient (Wildman–Crippen LogP) is 2.30. The number of esters is 1. The summed E-state index contributed by atoms with van der Waals surface area (Å²) in [5, 5.41) is 2.88. The number of hydrogen-bond donors (Lipinski definition) is 1. The summed E-state index contributed by atoms with van der Waals surface area (Å²) in [5.74, 6) is -0.311. The molecule has 0 aliphatic heterocycles. The molecule has 1 amide bonds. The third kappa shape index (κ3) is 3.43. The van der Waals surface area contributed by atoms with Crippen LogP contribution in [-0.2, 0) is 20.7 Å². The summed E-state index contributed by atoms with van der Waals surface area (Å²) in [7, 11) is 1.36. The van der Waals surface area contributed by atoms with E-state index in [4.69, 9.17) is 4.74 Å². The molecule has 1 fully saturated rings. The van der Waals surface area contributed by atoms with Crippen molar-refractivity contribution in [3.63, 3.8) is 0 Å². The highest BCUT2D eigenvalue weighted by Crippen LogP contribution is 2.40. The van der Waals surface area contributed by atoms with Gasteiger partial charge in [0.25, 0.3) is 0 Å². The summed E-state index contributed by atoms with van der Waals surface area (Å²) in [6.45, 7) is 5.78. The molecule has 1 aliphatic rings. The van der Waals surface area contributed by atoms with Gasteiger partial charge >= 0.3 is 5.97 Å². The fourth-order valence-corrected chi connectivity index (χ4v) is 2.74. The minimum absolute atomic E-state index is 0.137. The van der Waals surface area contributed by atoms with Gasteiger partial charge in [-0.3, -0.25) is 4.79 Å². The molecule has 0 saturated heterocycles. The van der Waals surface area contributed by atoms with Crippen LogP contribution in [0.15, 0.2) is 18.2 Å². The molecule has 1 N–H and O–H groups in total. The molecule has 21 heavy (non-hydrogen) atoms. The van der Waals surface area contributed by atoms with Crippen LogP contribution in [0.2, 0.25) is 0 Å². The smallest absolute Gasteiger partial charge is 0.331 e. The molecule has 114 valence electrons. The van der Waals surface area contributed by atoms with Crippen LogP contribution in [0, 0.1) is 19.8 Å². The Bertz CT molecular complexity index is 563. The average molecular weight is 289 g/mol. The van der Waals surface area contributed by atoms with Crippen LogP contribution in [0.3, 0.4) is 0 Å². The fourth-order valence-electron chi connectivity index (χ4n) is 2.74. The Kier molecular flexibility index (Phi) is 4.35. The van der Waals surface area contributed by atoms with Gasteiger partial charge in [0.05, 0.1) is 13.5 Å². The van der Waals surface area contributed by atoms with Crippen molar-refractivity contribution in [2.24, 2.45) is 5.92 Å². The van der Waals surface area contributed by atoms with Gasteiger partial charge in [-0.05, 0) is 50.7 Å². The van der Waals surface area contributed by atoms with Crippen molar-refractivity contribution in [2.75, 3.05) is 7.11 Å². The Morgan fingerprint density at radius 2 is 2.00 bits per heavy atom. The van der Waals surface area contributed by atoms with Crippen molar-refractivity contribution in [1.82, 2.24) is 5.32 Å². The zero-order valence-electron chi connectivity index (χ0n) is 13.2. The average Bonchev–Trinajstić information content (AvgIpc) is 3.25. The van der Waals surface area contributed by atoms with E-state index in [2.05, 4.69) is 11.4 Å². The molecule has 1 atom stereocenters. The number of rotatable bonds is 5. The highest BCUT2D eigenvalue weighted by Gasteiger charge is 2.49. The topological polar surface area (TPSA) is 55.4 Å². The van der Waals surface area contributed by atoms with Gasteiger partial charge in [-0.1, -0.05) is 23.8 Å². The molecule has 0 heterocycles. The van der Waals surface area contributed by atoms with Crippen LogP contribution in [0.4, 0.5) is 0 Å². The van der Waals surface area contributed by atoms with Crippen molar-refractivity contribution < 1.29 is 14.3 Å². The molecule has 1 saturated carbocycles. The largest absolute Gasteiger partial charge is 0.467 e. The van der Waals surface area contributed by atoms with Crippen LogP contribution in [-0.4, -0.2) is 24.5 Å². The normalized spacial score (nSPS) is 17.0. The van der Waals surface area contributed by atoms with Gasteiger partial charge in [0.1, 0.15) is 5.54 Å². The van der Waals surface area contributed by atoms with Crippen LogP contribution >= 0.6 is 0 Å². The number of nitrogens with one attached hydrogen (secondary N) is 1. The Labute approximate surface area is 125 Å². The first-order valence-electron chi connectivity index (χ1n) is 7.32. The summed E-state index contributed by atoms with van der Waals surface area (Å²) in [6.07, 6.45) is 2.19. The maximum absolute atomic E-state index is 12.3. The summed E-state index contributed by atoms with van der Waals surface area (Å²) >= 11 is 0. The van der Waals surface area contributed by atoms with E-state index >= 15 is 0 Å². The second-order valence-electron chi connectivity index (χ2n) is 6.12. The number of carbonyl (C=O) groups excluding carboxylic acids is 2. The van der Waals surface area contributed by atoms with E-state index in [0.29, 0.717) is 0 Å². The van der Waals surface area contributed by atoms with E-state index in [1.165, 1.54) is 12.7 Å². The third-order valence-electron chi connectivity index (χ3n) is 4.25. The van der Waals surface area contributed by atoms with Gasteiger partial charge in [0.2, 0.25) is 5.91 Å². The lowest BCUT2D eigenvalue weighted by Gasteiger charge is -2.28. The second-order valence-corrected chi connectivity index (χ2v) is 6.12. The van der Waals surface area contributed by atoms with Crippen molar-refractivity contribution in [1.29, 1.82) is 0 Å². The zero-order valence-corrected chi connectivity index (χ0v) is 13.2. The lowest BCUT2D eigenvalue weighted by atomic mass is 9.95. The van der Waals surface area contributed by atoms with Crippen LogP contribution in [0.25, 0.3) is 0 Å². The van der Waals surface area contributed by atoms with Gasteiger partial charge < -0.3 is 10.1 Å². The molecule has 1 aliphatic carbocycles. The van der Waals surface area contributed by atoms with Crippen molar-refractivity contribution in [3.8, 4) is 0 Å². The molecule has 4 nitrogen and oxygen atoms in total. The Morgan fingerprint density at radius 1 is 1.33 bits per heavy atom. The van der Waals surface area contributed by atoms with Crippen molar-refractivity contribution in [2.45, 2.75) is 45.6 Å². The molecule has 0 bridgehead atoms. The number of hydrogen-bond acceptors (Lipinski definition) is 3. The summed E-state index contributed by atoms with van der Waals surface area (Å²) in [5.41, 5.74) is 2.36.